The summed E-state index contributed by atoms with van der Waals surface area (Å²) in [7, 11) is 0. The number of aliphatic imine (C=N–C) groups is 1. The van der Waals surface area contributed by atoms with Crippen LogP contribution in [0.1, 0.15) is 44.3 Å². The van der Waals surface area contributed by atoms with Gasteiger partial charge in [0.1, 0.15) is 5.76 Å². The van der Waals surface area contributed by atoms with Crippen LogP contribution in [-0.4, -0.2) is 48.3 Å². The molecule has 7 heteroatoms. The lowest BCUT2D eigenvalue weighted by Crippen LogP contribution is -2.52. The van der Waals surface area contributed by atoms with Gasteiger partial charge in [0.05, 0.1) is 11.9 Å². The number of furan rings is 1. The first-order valence-electron chi connectivity index (χ1n) is 9.63. The minimum atomic E-state index is 0. The molecular weight excluding hydrogens is 461 g/mol. The molecule has 1 aromatic rings. The van der Waals surface area contributed by atoms with Crippen LogP contribution in [0.25, 0.3) is 0 Å². The molecule has 0 aromatic carbocycles. The number of nitrogens with zero attached hydrogens (tertiary/aromatic N) is 1. The zero-order valence-electron chi connectivity index (χ0n) is 15.2. The monoisotopic (exact) mass is 491 g/mol. The maximum atomic E-state index is 6.22. The molecule has 1 spiro atoms. The molecule has 2 N–H and O–H groups in total. The van der Waals surface area contributed by atoms with Crippen molar-refractivity contribution in [2.75, 3.05) is 24.7 Å². The molecule has 1 atom stereocenters. The van der Waals surface area contributed by atoms with E-state index in [9.17, 15) is 0 Å². The summed E-state index contributed by atoms with van der Waals surface area (Å²) in [6.45, 7) is 1.62. The number of hydrogen-bond acceptors (Lipinski definition) is 4. The quantitative estimate of drug-likeness (QED) is 0.375. The van der Waals surface area contributed by atoms with Gasteiger partial charge in [-0.05, 0) is 62.2 Å². The van der Waals surface area contributed by atoms with Crippen molar-refractivity contribution in [1.82, 2.24) is 10.6 Å². The number of thioether (sulfide) groups is 1. The summed E-state index contributed by atoms with van der Waals surface area (Å²) >= 11 is 2.06. The summed E-state index contributed by atoms with van der Waals surface area (Å²) in [5.74, 6) is 4.44. The highest BCUT2D eigenvalue weighted by Gasteiger charge is 2.39. The first kappa shape index (κ1) is 20.3. The highest BCUT2D eigenvalue weighted by atomic mass is 127. The molecule has 0 bridgehead atoms. The molecule has 146 valence electrons. The fourth-order valence-electron chi connectivity index (χ4n) is 3.72. The zero-order chi connectivity index (χ0) is 17.0. The molecule has 3 fully saturated rings. The number of rotatable bonds is 5. The molecule has 2 aliphatic heterocycles. The van der Waals surface area contributed by atoms with Crippen LogP contribution in [0.15, 0.2) is 27.8 Å². The fourth-order valence-corrected chi connectivity index (χ4v) is 4.96. The molecule has 0 amide bonds. The first-order valence-corrected chi connectivity index (χ1v) is 10.8. The highest BCUT2D eigenvalue weighted by molar-refractivity contribution is 14.0. The number of nitrogens with one attached hydrogen (secondary N) is 2. The lowest BCUT2D eigenvalue weighted by Gasteiger charge is -2.43. The summed E-state index contributed by atoms with van der Waals surface area (Å²) in [4.78, 5) is 4.80. The van der Waals surface area contributed by atoms with Crippen molar-refractivity contribution in [1.29, 1.82) is 0 Å². The molecule has 1 unspecified atom stereocenters. The normalized spacial score (nSPS) is 25.5. The van der Waals surface area contributed by atoms with Gasteiger partial charge in [-0.2, -0.15) is 11.8 Å². The summed E-state index contributed by atoms with van der Waals surface area (Å²) in [5.41, 5.74) is 0.111. The molecule has 3 heterocycles. The summed E-state index contributed by atoms with van der Waals surface area (Å²) < 4.78 is 11.6. The Bertz CT molecular complexity index is 566. The minimum Gasteiger partial charge on any atom is -0.469 e. The van der Waals surface area contributed by atoms with Gasteiger partial charge in [0.15, 0.2) is 5.96 Å². The van der Waals surface area contributed by atoms with Crippen LogP contribution >= 0.6 is 35.7 Å². The topological polar surface area (TPSA) is 58.8 Å². The van der Waals surface area contributed by atoms with Gasteiger partial charge < -0.3 is 19.8 Å². The lowest BCUT2D eigenvalue weighted by molar-refractivity contribution is -0.0912. The standard InChI is InChI=1S/C19H29N3O2S.HI/c1-2-17(23-10-1)5-9-20-18(21-15-3-4-15)22-16-6-11-24-19(14-16)7-12-25-13-8-19;/h1-2,10,15-16H,3-9,11-14H2,(H2,20,21,22);1H. The second-order valence-electron chi connectivity index (χ2n) is 7.46. The average Bonchev–Trinajstić information content (AvgIpc) is 3.27. The average molecular weight is 491 g/mol. The Morgan fingerprint density at radius 1 is 1.19 bits per heavy atom. The van der Waals surface area contributed by atoms with Gasteiger partial charge in [0, 0.05) is 31.7 Å². The Labute approximate surface area is 177 Å². The highest BCUT2D eigenvalue weighted by Crippen LogP contribution is 2.37. The number of ether oxygens (including phenoxy) is 1. The molecule has 0 radical (unpaired) electrons. The SMILES string of the molecule is I.c1coc(CCN=C(NC2CC2)NC2CCOC3(CCSCC3)C2)c1. The van der Waals surface area contributed by atoms with E-state index < -0.39 is 0 Å². The van der Waals surface area contributed by atoms with Crippen LogP contribution in [0.5, 0.6) is 0 Å². The number of hydrogen-bond donors (Lipinski definition) is 2. The van der Waals surface area contributed by atoms with Crippen LogP contribution in [0.2, 0.25) is 0 Å². The van der Waals surface area contributed by atoms with Crippen molar-refractivity contribution in [3.63, 3.8) is 0 Å². The second-order valence-corrected chi connectivity index (χ2v) is 8.68. The van der Waals surface area contributed by atoms with Gasteiger partial charge in [-0.25, -0.2) is 0 Å². The molecule has 26 heavy (non-hydrogen) atoms. The molecule has 2 saturated heterocycles. The molecule has 1 saturated carbocycles. The Morgan fingerprint density at radius 2 is 2.00 bits per heavy atom. The Hall–Kier alpha value is -0.410. The second kappa shape index (κ2) is 9.68. The van der Waals surface area contributed by atoms with Gasteiger partial charge in [-0.1, -0.05) is 0 Å². The molecule has 4 rings (SSSR count). The Balaban J connectivity index is 0.00000196. The van der Waals surface area contributed by atoms with Crippen LogP contribution in [0, 0.1) is 0 Å². The molecule has 5 nitrogen and oxygen atoms in total. The molecule has 1 aliphatic carbocycles. The smallest absolute Gasteiger partial charge is 0.191 e. The van der Waals surface area contributed by atoms with Crippen molar-refractivity contribution in [3.8, 4) is 0 Å². The Morgan fingerprint density at radius 3 is 2.73 bits per heavy atom. The predicted molar refractivity (Wildman–Crippen MR) is 118 cm³/mol. The summed E-state index contributed by atoms with van der Waals surface area (Å²) in [6.07, 6.45) is 9.65. The van der Waals surface area contributed by atoms with E-state index in [-0.39, 0.29) is 29.6 Å². The largest absolute Gasteiger partial charge is 0.469 e. The first-order chi connectivity index (χ1) is 12.3. The third-order valence-corrected chi connectivity index (χ3v) is 6.35. The van der Waals surface area contributed by atoms with Crippen molar-refractivity contribution < 1.29 is 9.15 Å². The molecule has 3 aliphatic rings. The van der Waals surface area contributed by atoms with Crippen molar-refractivity contribution in [3.05, 3.63) is 24.2 Å². The van der Waals surface area contributed by atoms with E-state index in [0.717, 1.165) is 44.1 Å². The predicted octanol–water partition coefficient (Wildman–Crippen LogP) is 3.58. The van der Waals surface area contributed by atoms with Crippen molar-refractivity contribution in [2.45, 2.75) is 62.6 Å². The van der Waals surface area contributed by atoms with E-state index in [1.165, 1.54) is 37.2 Å². The van der Waals surface area contributed by atoms with Crippen molar-refractivity contribution in [2.24, 2.45) is 4.99 Å². The summed E-state index contributed by atoms with van der Waals surface area (Å²) in [5, 5.41) is 7.27. The van der Waals surface area contributed by atoms with Crippen LogP contribution < -0.4 is 10.6 Å². The van der Waals surface area contributed by atoms with Gasteiger partial charge in [0.2, 0.25) is 0 Å². The molecule has 1 aromatic heterocycles. The fraction of sp³-hybridized carbons (Fsp3) is 0.737. The maximum Gasteiger partial charge on any atom is 0.191 e. The van der Waals surface area contributed by atoms with Crippen LogP contribution in [-0.2, 0) is 11.2 Å². The van der Waals surface area contributed by atoms with Gasteiger partial charge >= 0.3 is 0 Å². The van der Waals surface area contributed by atoms with Gasteiger partial charge in [-0.3, -0.25) is 4.99 Å². The summed E-state index contributed by atoms with van der Waals surface area (Å²) in [6, 6.07) is 5.02. The maximum absolute atomic E-state index is 6.22. The molecular formula is C19H30IN3O2S. The number of halogens is 1. The van der Waals surface area contributed by atoms with E-state index in [0.29, 0.717) is 12.1 Å². The van der Waals surface area contributed by atoms with E-state index in [1.807, 2.05) is 12.1 Å². The minimum absolute atomic E-state index is 0. The van der Waals surface area contributed by atoms with Crippen molar-refractivity contribution >= 4 is 41.7 Å². The van der Waals surface area contributed by atoms with E-state index >= 15 is 0 Å². The lowest BCUT2D eigenvalue weighted by atomic mass is 9.85. The van der Waals surface area contributed by atoms with E-state index in [2.05, 4.69) is 22.4 Å². The van der Waals surface area contributed by atoms with Gasteiger partial charge in [-0.15, -0.1) is 24.0 Å². The number of guanidine groups is 1. The third-order valence-electron chi connectivity index (χ3n) is 5.36. The van der Waals surface area contributed by atoms with Crippen LogP contribution in [0.3, 0.4) is 0 Å². The van der Waals surface area contributed by atoms with Gasteiger partial charge in [0.25, 0.3) is 0 Å². The third kappa shape index (κ3) is 5.79. The van der Waals surface area contributed by atoms with Crippen LogP contribution in [0.4, 0.5) is 0 Å². The van der Waals surface area contributed by atoms with E-state index in [4.69, 9.17) is 14.1 Å². The van der Waals surface area contributed by atoms with E-state index in [1.54, 1.807) is 6.26 Å². The zero-order valence-corrected chi connectivity index (χ0v) is 18.4. The Kier molecular flexibility index (Phi) is 7.57.